The molecule has 14 heavy (non-hydrogen) atoms. The van der Waals surface area contributed by atoms with E-state index in [1.54, 1.807) is 0 Å². The summed E-state index contributed by atoms with van der Waals surface area (Å²) in [4.78, 5) is 6.67. The molecule has 1 N–H and O–H groups in total. The van der Waals surface area contributed by atoms with E-state index in [2.05, 4.69) is 35.6 Å². The smallest absolute Gasteiger partial charge is 0.126 e. The summed E-state index contributed by atoms with van der Waals surface area (Å²) < 4.78 is 0. The van der Waals surface area contributed by atoms with Crippen molar-refractivity contribution in [2.45, 2.75) is 13.8 Å². The van der Waals surface area contributed by atoms with Gasteiger partial charge in [-0.3, -0.25) is 4.99 Å². The minimum Gasteiger partial charge on any atom is -0.354 e. The molecule has 0 aromatic carbocycles. The van der Waals surface area contributed by atoms with Gasteiger partial charge in [-0.05, 0) is 11.5 Å². The number of hydrogen-bond acceptors (Lipinski definition) is 2. The van der Waals surface area contributed by atoms with Crippen LogP contribution in [0.2, 0.25) is 0 Å². The van der Waals surface area contributed by atoms with Gasteiger partial charge in [-0.15, -0.1) is 0 Å². The summed E-state index contributed by atoms with van der Waals surface area (Å²) >= 11 is 0. The summed E-state index contributed by atoms with van der Waals surface area (Å²) in [6.45, 7) is 12.6. The molecule has 1 saturated heterocycles. The zero-order chi connectivity index (χ0) is 10.6. The quantitative estimate of drug-likeness (QED) is 0.528. The van der Waals surface area contributed by atoms with Crippen LogP contribution in [0, 0.1) is 5.92 Å². The maximum atomic E-state index is 4.35. The van der Waals surface area contributed by atoms with Crippen LogP contribution in [0.25, 0.3) is 0 Å². The largest absolute Gasteiger partial charge is 0.354 e. The fourth-order valence-corrected chi connectivity index (χ4v) is 1.62. The summed E-state index contributed by atoms with van der Waals surface area (Å²) in [5, 5.41) is 3.34. The maximum absolute atomic E-state index is 4.35. The summed E-state index contributed by atoms with van der Waals surface area (Å²) in [6.07, 6.45) is 0. The lowest BCUT2D eigenvalue weighted by Gasteiger charge is -2.32. The fourth-order valence-electron chi connectivity index (χ4n) is 1.62. The molecule has 0 spiro atoms. The molecule has 0 amide bonds. The number of piperazine rings is 1. The fraction of sp³-hybridized carbons (Fsp3) is 0.727. The predicted molar refractivity (Wildman–Crippen MR) is 61.8 cm³/mol. The van der Waals surface area contributed by atoms with Crippen molar-refractivity contribution in [2.75, 3.05) is 33.2 Å². The van der Waals surface area contributed by atoms with E-state index >= 15 is 0 Å². The van der Waals surface area contributed by atoms with E-state index < -0.39 is 0 Å². The van der Waals surface area contributed by atoms with Gasteiger partial charge < -0.3 is 10.2 Å². The topological polar surface area (TPSA) is 27.6 Å². The highest BCUT2D eigenvalue weighted by Gasteiger charge is 2.17. The minimum atomic E-state index is 0.476. The van der Waals surface area contributed by atoms with Crippen LogP contribution in [0.3, 0.4) is 0 Å². The molecule has 0 radical (unpaired) electrons. The van der Waals surface area contributed by atoms with Gasteiger partial charge in [0.05, 0.1) is 0 Å². The van der Waals surface area contributed by atoms with Crippen LogP contribution in [-0.4, -0.2) is 44.0 Å². The van der Waals surface area contributed by atoms with Crippen molar-refractivity contribution >= 4 is 5.84 Å². The van der Waals surface area contributed by atoms with Gasteiger partial charge in [0.15, 0.2) is 0 Å². The molecule has 0 bridgehead atoms. The Bertz CT molecular complexity index is 225. The van der Waals surface area contributed by atoms with Crippen molar-refractivity contribution in [3.8, 4) is 0 Å². The minimum absolute atomic E-state index is 0.476. The van der Waals surface area contributed by atoms with Crippen LogP contribution in [0.5, 0.6) is 0 Å². The lowest BCUT2D eigenvalue weighted by Crippen LogP contribution is -2.47. The highest BCUT2D eigenvalue weighted by molar-refractivity contribution is 5.98. The molecule has 0 aromatic heterocycles. The first kappa shape index (κ1) is 11.2. The van der Waals surface area contributed by atoms with E-state index in [0.29, 0.717) is 5.92 Å². The first-order valence-electron chi connectivity index (χ1n) is 5.28. The second-order valence-electron chi connectivity index (χ2n) is 3.96. The van der Waals surface area contributed by atoms with Crippen molar-refractivity contribution in [1.82, 2.24) is 10.2 Å². The molecule has 0 unspecified atom stereocenters. The molecule has 80 valence electrons. The molecule has 1 aliphatic heterocycles. The Kier molecular flexibility index (Phi) is 4.14. The predicted octanol–water partition coefficient (Wildman–Crippen LogP) is 1.13. The van der Waals surface area contributed by atoms with Gasteiger partial charge in [-0.2, -0.15) is 0 Å². The summed E-state index contributed by atoms with van der Waals surface area (Å²) in [7, 11) is 1.85. The summed E-state index contributed by atoms with van der Waals surface area (Å²) in [6, 6.07) is 0. The second kappa shape index (κ2) is 5.15. The summed E-state index contributed by atoms with van der Waals surface area (Å²) in [5.41, 5.74) is 1.15. The Balaban J connectivity index is 2.66. The normalized spacial score (nSPS) is 18.9. The number of nitrogens with zero attached hydrogens (tertiary/aromatic N) is 2. The van der Waals surface area contributed by atoms with E-state index in [9.17, 15) is 0 Å². The molecule has 1 aliphatic rings. The number of aliphatic imine (C=N–C) groups is 1. The molecule has 0 saturated carbocycles. The lowest BCUT2D eigenvalue weighted by molar-refractivity contribution is 0.355. The van der Waals surface area contributed by atoms with Gasteiger partial charge in [0.1, 0.15) is 5.84 Å². The zero-order valence-corrected chi connectivity index (χ0v) is 9.51. The second-order valence-corrected chi connectivity index (χ2v) is 3.96. The third-order valence-corrected chi connectivity index (χ3v) is 2.61. The molecule has 1 heterocycles. The van der Waals surface area contributed by atoms with Crippen LogP contribution >= 0.6 is 0 Å². The molecule has 0 aromatic rings. The third kappa shape index (κ3) is 2.58. The Hall–Kier alpha value is -0.830. The molecule has 1 rings (SSSR count). The Morgan fingerprint density at radius 1 is 1.36 bits per heavy atom. The number of rotatable bonds is 2. The zero-order valence-electron chi connectivity index (χ0n) is 9.51. The third-order valence-electron chi connectivity index (χ3n) is 2.61. The maximum Gasteiger partial charge on any atom is 0.126 e. The average molecular weight is 195 g/mol. The van der Waals surface area contributed by atoms with E-state index in [1.807, 2.05) is 7.05 Å². The SMILES string of the molecule is C=C(/C(=N\C)N1CCNCC1)C(C)C. The van der Waals surface area contributed by atoms with Gasteiger partial charge in [-0.1, -0.05) is 20.4 Å². The van der Waals surface area contributed by atoms with Gasteiger partial charge in [0.25, 0.3) is 0 Å². The molecule has 1 fully saturated rings. The number of nitrogens with one attached hydrogen (secondary N) is 1. The van der Waals surface area contributed by atoms with Gasteiger partial charge in [-0.25, -0.2) is 0 Å². The standard InChI is InChI=1S/C11H21N3/c1-9(2)10(3)11(12-4)14-7-5-13-6-8-14/h9,13H,3,5-8H2,1-2,4H3/b12-11+. The molecule has 0 aliphatic carbocycles. The number of amidine groups is 1. The van der Waals surface area contributed by atoms with Crippen LogP contribution in [-0.2, 0) is 0 Å². The monoisotopic (exact) mass is 195 g/mol. The van der Waals surface area contributed by atoms with Gasteiger partial charge >= 0.3 is 0 Å². The van der Waals surface area contributed by atoms with Gasteiger partial charge in [0, 0.05) is 33.2 Å². The van der Waals surface area contributed by atoms with Crippen molar-refractivity contribution in [3.05, 3.63) is 12.2 Å². The van der Waals surface area contributed by atoms with Crippen LogP contribution in [0.15, 0.2) is 17.1 Å². The average Bonchev–Trinajstić information content (AvgIpc) is 2.20. The molecule has 0 atom stereocenters. The first-order chi connectivity index (χ1) is 6.66. The lowest BCUT2D eigenvalue weighted by atomic mass is 10.0. The van der Waals surface area contributed by atoms with Crippen LogP contribution in [0.4, 0.5) is 0 Å². The Labute approximate surface area is 86.9 Å². The van der Waals surface area contributed by atoms with E-state index in [4.69, 9.17) is 0 Å². The highest BCUT2D eigenvalue weighted by Crippen LogP contribution is 2.12. The van der Waals surface area contributed by atoms with Gasteiger partial charge in [0.2, 0.25) is 0 Å². The van der Waals surface area contributed by atoms with Crippen molar-refractivity contribution in [3.63, 3.8) is 0 Å². The van der Waals surface area contributed by atoms with Crippen LogP contribution in [0.1, 0.15) is 13.8 Å². The highest BCUT2D eigenvalue weighted by atomic mass is 15.2. The molecule has 3 nitrogen and oxygen atoms in total. The van der Waals surface area contributed by atoms with Crippen molar-refractivity contribution in [1.29, 1.82) is 0 Å². The Morgan fingerprint density at radius 3 is 2.36 bits per heavy atom. The summed E-state index contributed by atoms with van der Waals surface area (Å²) in [5.74, 6) is 1.56. The Morgan fingerprint density at radius 2 is 1.93 bits per heavy atom. The van der Waals surface area contributed by atoms with Crippen molar-refractivity contribution in [2.24, 2.45) is 10.9 Å². The number of hydrogen-bond donors (Lipinski definition) is 1. The van der Waals surface area contributed by atoms with E-state index in [1.165, 1.54) is 0 Å². The van der Waals surface area contributed by atoms with Crippen LogP contribution < -0.4 is 5.32 Å². The van der Waals surface area contributed by atoms with E-state index in [-0.39, 0.29) is 0 Å². The molecular weight excluding hydrogens is 174 g/mol. The molecule has 3 heteroatoms. The molecular formula is C11H21N3. The first-order valence-corrected chi connectivity index (χ1v) is 5.28. The van der Waals surface area contributed by atoms with E-state index in [0.717, 1.165) is 37.6 Å². The van der Waals surface area contributed by atoms with Crippen molar-refractivity contribution < 1.29 is 0 Å².